The lowest BCUT2D eigenvalue weighted by molar-refractivity contribution is 0.696. The van der Waals surface area contributed by atoms with E-state index in [1.165, 1.54) is 0 Å². The minimum atomic E-state index is -0.312. The fourth-order valence-corrected chi connectivity index (χ4v) is 0.474. The van der Waals surface area contributed by atoms with Crippen molar-refractivity contribution in [3.8, 4) is 0 Å². The molecule has 14 heavy (non-hydrogen) atoms. The van der Waals surface area contributed by atoms with Crippen molar-refractivity contribution in [1.82, 2.24) is 10.6 Å². The summed E-state index contributed by atoms with van der Waals surface area (Å²) in [6.45, 7) is 3.13. The van der Waals surface area contributed by atoms with E-state index in [1.54, 1.807) is 0 Å². The summed E-state index contributed by atoms with van der Waals surface area (Å²) in [6.07, 6.45) is 0. The molecule has 0 saturated carbocycles. The highest BCUT2D eigenvalue weighted by molar-refractivity contribution is 5.93. The molecular weight excluding hydrogens is 184 g/mol. The van der Waals surface area contributed by atoms with Gasteiger partial charge in [0.05, 0.1) is 0 Å². The molecule has 0 aromatic carbocycles. The van der Waals surface area contributed by atoms with Crippen molar-refractivity contribution >= 4 is 11.9 Å². The third-order valence-electron chi connectivity index (χ3n) is 0.912. The highest BCUT2D eigenvalue weighted by atomic mass is 15.1. The van der Waals surface area contributed by atoms with Gasteiger partial charge in [-0.3, -0.25) is 16.1 Å². The largest absolute Gasteiger partial charge is 0.370 e. The Kier molecular flexibility index (Phi) is 12.5. The van der Waals surface area contributed by atoms with Crippen LogP contribution < -0.4 is 33.6 Å². The second-order valence-electron chi connectivity index (χ2n) is 2.28. The maximum Gasteiger partial charge on any atom is 0.192 e. The normalized spacial score (nSPS) is 8.43. The zero-order valence-electron chi connectivity index (χ0n) is 8.14. The minimum Gasteiger partial charge on any atom is -0.370 e. The van der Waals surface area contributed by atoms with Crippen LogP contribution in [0, 0.1) is 10.8 Å². The molecule has 0 amide bonds. The second kappa shape index (κ2) is 11.6. The lowest BCUT2D eigenvalue weighted by Crippen LogP contribution is -2.39. The molecule has 0 rings (SSSR count). The Morgan fingerprint density at radius 3 is 1.43 bits per heavy atom. The predicted molar refractivity (Wildman–Crippen MR) is 57.9 cm³/mol. The van der Waals surface area contributed by atoms with Crippen LogP contribution in [0.2, 0.25) is 0 Å². The van der Waals surface area contributed by atoms with Gasteiger partial charge in [-0.1, -0.05) is 0 Å². The summed E-state index contributed by atoms with van der Waals surface area (Å²) in [6, 6.07) is 0. The summed E-state index contributed by atoms with van der Waals surface area (Å²) in [4.78, 5) is 0. The van der Waals surface area contributed by atoms with Crippen LogP contribution in [0.25, 0.3) is 0 Å². The number of nitrogens with two attached hydrogens (primary N) is 4. The van der Waals surface area contributed by atoms with Gasteiger partial charge in [-0.05, 0) is 0 Å². The molecule has 0 aliphatic carbocycles. The van der Waals surface area contributed by atoms with Crippen LogP contribution in [0.1, 0.15) is 0 Å². The van der Waals surface area contributed by atoms with E-state index >= 15 is 0 Å². The zero-order valence-corrected chi connectivity index (χ0v) is 8.14. The first-order chi connectivity index (χ1) is 6.54. The minimum absolute atomic E-state index is 0.312. The lowest BCUT2D eigenvalue weighted by Gasteiger charge is -1.95. The summed E-state index contributed by atoms with van der Waals surface area (Å²) in [5.74, 6) is -0.625. The van der Waals surface area contributed by atoms with Crippen molar-refractivity contribution in [2.24, 2.45) is 22.9 Å². The van der Waals surface area contributed by atoms with Crippen LogP contribution >= 0.6 is 0 Å². The van der Waals surface area contributed by atoms with Gasteiger partial charge in [-0.2, -0.15) is 0 Å². The maximum atomic E-state index is 6.47. The molecule has 0 aromatic heterocycles. The molecule has 12 N–H and O–H groups in total. The van der Waals surface area contributed by atoms with Crippen molar-refractivity contribution in [2.75, 3.05) is 26.2 Å². The quantitative estimate of drug-likeness (QED) is 0.136. The second-order valence-corrected chi connectivity index (χ2v) is 2.28. The lowest BCUT2D eigenvalue weighted by atomic mass is 10.6. The molecule has 8 heteroatoms. The number of rotatable bonds is 4. The smallest absolute Gasteiger partial charge is 0.192 e. The summed E-state index contributed by atoms with van der Waals surface area (Å²) >= 11 is 0. The third-order valence-corrected chi connectivity index (χ3v) is 0.912. The highest BCUT2D eigenvalue weighted by Crippen LogP contribution is 1.49. The average molecular weight is 204 g/mol. The molecular formula is C6H20N8. The van der Waals surface area contributed by atoms with Crippen molar-refractivity contribution in [1.29, 1.82) is 10.8 Å². The van der Waals surface area contributed by atoms with Crippen molar-refractivity contribution in [3.63, 3.8) is 0 Å². The SMILES string of the molecule is N=C(N)NC(=N)N.NCCNCCN. The standard InChI is InChI=1S/C4H13N3.C2H7N5/c5-1-3-7-4-2-6;3-1(4)7-2(5)6/h7H,1-6H2;(H7,3,4,5,6,7). The van der Waals surface area contributed by atoms with Gasteiger partial charge >= 0.3 is 0 Å². The van der Waals surface area contributed by atoms with Crippen LogP contribution in [-0.4, -0.2) is 38.1 Å². The van der Waals surface area contributed by atoms with Crippen LogP contribution in [0.5, 0.6) is 0 Å². The molecule has 0 aliphatic rings. The molecule has 0 unspecified atom stereocenters. The van der Waals surface area contributed by atoms with E-state index in [4.69, 9.17) is 33.8 Å². The van der Waals surface area contributed by atoms with E-state index in [9.17, 15) is 0 Å². The van der Waals surface area contributed by atoms with E-state index in [2.05, 4.69) is 5.32 Å². The van der Waals surface area contributed by atoms with Crippen LogP contribution in [0.3, 0.4) is 0 Å². The molecule has 0 aliphatic heterocycles. The molecule has 8 nitrogen and oxygen atoms in total. The van der Waals surface area contributed by atoms with Gasteiger partial charge in [0, 0.05) is 26.2 Å². The fourth-order valence-electron chi connectivity index (χ4n) is 0.474. The Balaban J connectivity index is 0. The van der Waals surface area contributed by atoms with Crippen molar-refractivity contribution in [3.05, 3.63) is 0 Å². The molecule has 0 atom stereocenters. The summed E-state index contributed by atoms with van der Waals surface area (Å²) in [7, 11) is 0. The van der Waals surface area contributed by atoms with E-state index < -0.39 is 0 Å². The molecule has 0 fully saturated rings. The average Bonchev–Trinajstić information content (AvgIpc) is 2.04. The first-order valence-corrected chi connectivity index (χ1v) is 4.10. The Morgan fingerprint density at radius 1 is 0.929 bits per heavy atom. The molecule has 0 aromatic rings. The number of hydrogen-bond donors (Lipinski definition) is 8. The number of guanidine groups is 2. The Morgan fingerprint density at radius 2 is 1.29 bits per heavy atom. The molecule has 0 radical (unpaired) electrons. The molecule has 0 spiro atoms. The zero-order chi connectivity index (χ0) is 11.4. The summed E-state index contributed by atoms with van der Waals surface area (Å²) < 4.78 is 0. The Labute approximate surface area is 83.4 Å². The molecule has 0 heterocycles. The van der Waals surface area contributed by atoms with E-state index in [1.807, 2.05) is 5.32 Å². The number of nitrogens with one attached hydrogen (secondary N) is 4. The monoisotopic (exact) mass is 204 g/mol. The van der Waals surface area contributed by atoms with Gasteiger partial charge in [0.1, 0.15) is 0 Å². The van der Waals surface area contributed by atoms with Crippen LogP contribution in [0.15, 0.2) is 0 Å². The van der Waals surface area contributed by atoms with Gasteiger partial charge < -0.3 is 28.3 Å². The van der Waals surface area contributed by atoms with E-state index in [0.29, 0.717) is 13.1 Å². The van der Waals surface area contributed by atoms with E-state index in [0.717, 1.165) is 13.1 Å². The van der Waals surface area contributed by atoms with Gasteiger partial charge in [-0.15, -0.1) is 0 Å². The van der Waals surface area contributed by atoms with E-state index in [-0.39, 0.29) is 11.9 Å². The number of hydrogen-bond acceptors (Lipinski definition) is 5. The summed E-state index contributed by atoms with van der Waals surface area (Å²) in [5, 5.41) is 18.0. The van der Waals surface area contributed by atoms with Gasteiger partial charge in [-0.25, -0.2) is 0 Å². The predicted octanol–water partition coefficient (Wildman–Crippen LogP) is -3.14. The van der Waals surface area contributed by atoms with Crippen molar-refractivity contribution in [2.45, 2.75) is 0 Å². The first kappa shape index (κ1) is 15.1. The van der Waals surface area contributed by atoms with Crippen molar-refractivity contribution < 1.29 is 0 Å². The van der Waals surface area contributed by atoms with Gasteiger partial charge in [0.2, 0.25) is 0 Å². The molecule has 0 saturated heterocycles. The first-order valence-electron chi connectivity index (χ1n) is 4.10. The maximum absolute atomic E-state index is 6.47. The molecule has 84 valence electrons. The highest BCUT2D eigenvalue weighted by Gasteiger charge is 1.83. The Bertz CT molecular complexity index is 140. The molecule has 0 bridgehead atoms. The van der Waals surface area contributed by atoms with Crippen LogP contribution in [0.4, 0.5) is 0 Å². The summed E-state index contributed by atoms with van der Waals surface area (Å²) in [5.41, 5.74) is 19.8. The van der Waals surface area contributed by atoms with Gasteiger partial charge in [0.25, 0.3) is 0 Å². The topological polar surface area (TPSA) is 176 Å². The Hall–Kier alpha value is -1.38. The van der Waals surface area contributed by atoms with Gasteiger partial charge in [0.15, 0.2) is 11.9 Å². The third kappa shape index (κ3) is 22.4. The van der Waals surface area contributed by atoms with Crippen LogP contribution in [-0.2, 0) is 0 Å². The fraction of sp³-hybridized carbons (Fsp3) is 0.667.